The summed E-state index contributed by atoms with van der Waals surface area (Å²) in [5.74, 6) is 0.239. The van der Waals surface area contributed by atoms with Crippen LogP contribution in [-0.2, 0) is 10.3 Å². The Hall–Kier alpha value is -2.41. The molecular formula is C18H21FN4O2. The largest absolute Gasteiger partial charge is 0.493 e. The van der Waals surface area contributed by atoms with Gasteiger partial charge in [-0.25, -0.2) is 4.39 Å². The normalized spacial score (nSPS) is 21.9. The van der Waals surface area contributed by atoms with Crippen molar-refractivity contribution in [1.29, 1.82) is 0 Å². The fraction of sp³-hybridized carbons (Fsp3) is 0.444. The van der Waals surface area contributed by atoms with E-state index in [9.17, 15) is 9.18 Å². The Labute approximate surface area is 145 Å². The summed E-state index contributed by atoms with van der Waals surface area (Å²) in [6.45, 7) is 2.01. The van der Waals surface area contributed by atoms with E-state index in [1.54, 1.807) is 16.9 Å². The summed E-state index contributed by atoms with van der Waals surface area (Å²) < 4.78 is 21.0. The van der Waals surface area contributed by atoms with E-state index in [0.717, 1.165) is 13.1 Å². The van der Waals surface area contributed by atoms with Crippen LogP contribution in [0, 0.1) is 5.82 Å². The highest BCUT2D eigenvalue weighted by Gasteiger charge is 2.43. The van der Waals surface area contributed by atoms with Crippen LogP contribution in [0.2, 0.25) is 0 Å². The Morgan fingerprint density at radius 2 is 2.24 bits per heavy atom. The van der Waals surface area contributed by atoms with Gasteiger partial charge in [-0.3, -0.25) is 9.48 Å². The SMILES string of the molecule is O=C(NC1CCOc2ccc(F)cc21)C1(n2cccn2)CCNCC1. The van der Waals surface area contributed by atoms with Gasteiger partial charge in [-0.1, -0.05) is 0 Å². The maximum absolute atomic E-state index is 13.7. The van der Waals surface area contributed by atoms with Gasteiger partial charge in [-0.2, -0.15) is 5.10 Å². The summed E-state index contributed by atoms with van der Waals surface area (Å²) in [6.07, 6.45) is 5.48. The second-order valence-corrected chi connectivity index (χ2v) is 6.58. The molecule has 1 amide bonds. The van der Waals surface area contributed by atoms with Gasteiger partial charge in [0.1, 0.15) is 17.1 Å². The highest BCUT2D eigenvalue weighted by atomic mass is 19.1. The molecule has 2 N–H and O–H groups in total. The summed E-state index contributed by atoms with van der Waals surface area (Å²) in [7, 11) is 0. The number of aromatic nitrogens is 2. The lowest BCUT2D eigenvalue weighted by Gasteiger charge is -2.38. The number of benzene rings is 1. The molecule has 0 aliphatic carbocycles. The van der Waals surface area contributed by atoms with Crippen LogP contribution < -0.4 is 15.4 Å². The highest BCUT2D eigenvalue weighted by molar-refractivity contribution is 5.85. The Kier molecular flexibility index (Phi) is 4.17. The van der Waals surface area contributed by atoms with Gasteiger partial charge in [0.2, 0.25) is 5.91 Å². The van der Waals surface area contributed by atoms with Crippen molar-refractivity contribution in [2.75, 3.05) is 19.7 Å². The lowest BCUT2D eigenvalue weighted by atomic mass is 9.86. The molecule has 1 saturated heterocycles. The first kappa shape index (κ1) is 16.1. The predicted molar refractivity (Wildman–Crippen MR) is 89.7 cm³/mol. The lowest BCUT2D eigenvalue weighted by Crippen LogP contribution is -2.55. The van der Waals surface area contributed by atoms with Crippen molar-refractivity contribution < 1.29 is 13.9 Å². The first-order chi connectivity index (χ1) is 12.2. The molecule has 6 nitrogen and oxygen atoms in total. The van der Waals surface area contributed by atoms with E-state index in [2.05, 4.69) is 15.7 Å². The molecule has 1 unspecified atom stereocenters. The minimum absolute atomic E-state index is 0.0696. The van der Waals surface area contributed by atoms with Crippen LogP contribution in [-0.4, -0.2) is 35.4 Å². The molecule has 1 atom stereocenters. The minimum Gasteiger partial charge on any atom is -0.493 e. The van der Waals surface area contributed by atoms with Gasteiger partial charge in [0.25, 0.3) is 0 Å². The van der Waals surface area contributed by atoms with Gasteiger partial charge in [-0.15, -0.1) is 0 Å². The molecule has 1 aromatic heterocycles. The Morgan fingerprint density at radius 3 is 3.00 bits per heavy atom. The van der Waals surface area contributed by atoms with Crippen LogP contribution in [0.15, 0.2) is 36.7 Å². The quantitative estimate of drug-likeness (QED) is 0.890. The number of hydrogen-bond donors (Lipinski definition) is 2. The Bertz CT molecular complexity index is 756. The van der Waals surface area contributed by atoms with Gasteiger partial charge in [-0.05, 0) is 50.2 Å². The maximum Gasteiger partial charge on any atom is 0.248 e. The van der Waals surface area contributed by atoms with E-state index in [1.807, 2.05) is 12.3 Å². The number of hydrogen-bond acceptors (Lipinski definition) is 4. The number of nitrogens with zero attached hydrogens (tertiary/aromatic N) is 2. The summed E-state index contributed by atoms with van der Waals surface area (Å²) in [6, 6.07) is 6.02. The molecule has 132 valence electrons. The number of carbonyl (C=O) groups excluding carboxylic acids is 1. The third-order valence-corrected chi connectivity index (χ3v) is 5.11. The molecule has 7 heteroatoms. The average molecular weight is 344 g/mol. The van der Waals surface area contributed by atoms with E-state index in [0.29, 0.717) is 37.2 Å². The molecule has 0 radical (unpaired) electrons. The standard InChI is InChI=1S/C18H21FN4O2/c19-13-2-3-16-14(12-13)15(4-11-25-16)22-17(24)18(5-8-20-9-6-18)23-10-1-7-21-23/h1-3,7,10,12,15,20H,4-6,8-9,11H2,(H,22,24). The second-order valence-electron chi connectivity index (χ2n) is 6.58. The van der Waals surface area contributed by atoms with Crippen molar-refractivity contribution in [2.24, 2.45) is 0 Å². The monoisotopic (exact) mass is 344 g/mol. The zero-order valence-electron chi connectivity index (χ0n) is 13.9. The van der Waals surface area contributed by atoms with Crippen LogP contribution >= 0.6 is 0 Å². The number of rotatable bonds is 3. The first-order valence-electron chi connectivity index (χ1n) is 8.63. The summed E-state index contributed by atoms with van der Waals surface area (Å²) in [5.41, 5.74) is -0.00951. The van der Waals surface area contributed by atoms with Gasteiger partial charge in [0, 0.05) is 24.4 Å². The number of halogens is 1. The maximum atomic E-state index is 13.7. The molecule has 3 heterocycles. The van der Waals surface area contributed by atoms with Crippen LogP contribution in [0.1, 0.15) is 30.9 Å². The zero-order chi connectivity index (χ0) is 17.3. The molecule has 0 bridgehead atoms. The Balaban J connectivity index is 1.62. The summed E-state index contributed by atoms with van der Waals surface area (Å²) in [4.78, 5) is 13.2. The number of amides is 1. The van der Waals surface area contributed by atoms with Crippen molar-refractivity contribution in [1.82, 2.24) is 20.4 Å². The molecule has 0 saturated carbocycles. The molecule has 2 aliphatic rings. The molecule has 0 spiro atoms. The van der Waals surface area contributed by atoms with Gasteiger partial charge >= 0.3 is 0 Å². The van der Waals surface area contributed by atoms with Crippen molar-refractivity contribution in [3.8, 4) is 5.75 Å². The third-order valence-electron chi connectivity index (χ3n) is 5.11. The summed E-state index contributed by atoms with van der Waals surface area (Å²) >= 11 is 0. The molecule has 1 fully saturated rings. The third kappa shape index (κ3) is 2.89. The molecule has 2 aliphatic heterocycles. The number of nitrogens with one attached hydrogen (secondary N) is 2. The molecule has 4 rings (SSSR count). The van der Waals surface area contributed by atoms with Crippen LogP contribution in [0.5, 0.6) is 5.75 Å². The van der Waals surface area contributed by atoms with Crippen molar-refractivity contribution in [3.05, 3.63) is 48.0 Å². The zero-order valence-corrected chi connectivity index (χ0v) is 13.9. The van der Waals surface area contributed by atoms with E-state index in [4.69, 9.17) is 4.74 Å². The lowest BCUT2D eigenvalue weighted by molar-refractivity contribution is -0.133. The minimum atomic E-state index is -0.708. The van der Waals surface area contributed by atoms with Gasteiger partial charge < -0.3 is 15.4 Å². The average Bonchev–Trinajstić information content (AvgIpc) is 3.18. The predicted octanol–water partition coefficient (Wildman–Crippen LogP) is 1.74. The van der Waals surface area contributed by atoms with E-state index >= 15 is 0 Å². The van der Waals surface area contributed by atoms with Crippen LogP contribution in [0.25, 0.3) is 0 Å². The molecule has 25 heavy (non-hydrogen) atoms. The molecule has 1 aromatic carbocycles. The molecule has 2 aromatic rings. The molecular weight excluding hydrogens is 323 g/mol. The number of carbonyl (C=O) groups is 1. The van der Waals surface area contributed by atoms with Gasteiger partial charge in [0.15, 0.2) is 0 Å². The summed E-state index contributed by atoms with van der Waals surface area (Å²) in [5, 5.41) is 10.7. The van der Waals surface area contributed by atoms with Crippen LogP contribution in [0.4, 0.5) is 4.39 Å². The number of fused-ring (bicyclic) bond motifs is 1. The van der Waals surface area contributed by atoms with Crippen molar-refractivity contribution >= 4 is 5.91 Å². The fourth-order valence-electron chi connectivity index (χ4n) is 3.73. The smallest absolute Gasteiger partial charge is 0.248 e. The number of piperidine rings is 1. The van der Waals surface area contributed by atoms with Crippen molar-refractivity contribution in [3.63, 3.8) is 0 Å². The number of ether oxygens (including phenoxy) is 1. The van der Waals surface area contributed by atoms with E-state index in [1.165, 1.54) is 12.1 Å². The van der Waals surface area contributed by atoms with E-state index in [-0.39, 0.29) is 17.8 Å². The van der Waals surface area contributed by atoms with Gasteiger partial charge in [0.05, 0.1) is 12.6 Å². The second kappa shape index (κ2) is 6.48. The Morgan fingerprint density at radius 1 is 1.40 bits per heavy atom. The van der Waals surface area contributed by atoms with E-state index < -0.39 is 5.54 Å². The van der Waals surface area contributed by atoms with Crippen molar-refractivity contribution in [2.45, 2.75) is 30.8 Å². The first-order valence-corrected chi connectivity index (χ1v) is 8.63. The van der Waals surface area contributed by atoms with Crippen LogP contribution in [0.3, 0.4) is 0 Å². The topological polar surface area (TPSA) is 68.2 Å². The fourth-order valence-corrected chi connectivity index (χ4v) is 3.73. The highest BCUT2D eigenvalue weighted by Crippen LogP contribution is 2.34.